The lowest BCUT2D eigenvalue weighted by molar-refractivity contribution is 0.0665. The number of unbranched alkanes of at least 4 members (excludes halogenated alkanes) is 5. The van der Waals surface area contributed by atoms with Crippen LogP contribution in [-0.4, -0.2) is 28.2 Å². The van der Waals surface area contributed by atoms with Crippen LogP contribution in [0.2, 0.25) is 0 Å². The minimum atomic E-state index is -0.922. The molecule has 0 aliphatic rings. The van der Waals surface area contributed by atoms with Crippen molar-refractivity contribution in [3.63, 3.8) is 0 Å². The van der Waals surface area contributed by atoms with Gasteiger partial charge in [0.25, 0.3) is 0 Å². The summed E-state index contributed by atoms with van der Waals surface area (Å²) in [6, 6.07) is 5.38. The Morgan fingerprint density at radius 3 is 2.48 bits per heavy atom. The highest BCUT2D eigenvalue weighted by atomic mass is 16.3. The molecule has 0 amide bonds. The first-order valence-electron chi connectivity index (χ1n) is 8.00. The van der Waals surface area contributed by atoms with E-state index in [1.807, 2.05) is 6.07 Å². The third-order valence-electron chi connectivity index (χ3n) is 3.69. The fourth-order valence-electron chi connectivity index (χ4n) is 2.41. The molecule has 1 aromatic rings. The van der Waals surface area contributed by atoms with Crippen LogP contribution in [0.3, 0.4) is 0 Å². The molecule has 120 valence electrons. The van der Waals surface area contributed by atoms with Gasteiger partial charge in [0, 0.05) is 6.54 Å². The van der Waals surface area contributed by atoms with Gasteiger partial charge < -0.3 is 15.3 Å². The van der Waals surface area contributed by atoms with Crippen LogP contribution in [0.25, 0.3) is 0 Å². The smallest absolute Gasteiger partial charge is 0.128 e. The van der Waals surface area contributed by atoms with Crippen molar-refractivity contribution < 1.29 is 15.3 Å². The van der Waals surface area contributed by atoms with Gasteiger partial charge in [0.2, 0.25) is 0 Å². The molecule has 1 rings (SSSR count). The van der Waals surface area contributed by atoms with Crippen molar-refractivity contribution >= 4 is 0 Å². The van der Waals surface area contributed by atoms with E-state index in [0.29, 0.717) is 6.54 Å². The Kier molecular flexibility index (Phi) is 9.06. The summed E-state index contributed by atoms with van der Waals surface area (Å²) in [5.74, 6) is 0.233. The van der Waals surface area contributed by atoms with E-state index < -0.39 is 6.23 Å². The van der Waals surface area contributed by atoms with E-state index in [-0.39, 0.29) is 12.4 Å². The highest BCUT2D eigenvalue weighted by Crippen LogP contribution is 2.19. The van der Waals surface area contributed by atoms with E-state index in [1.165, 1.54) is 37.7 Å². The molecule has 1 unspecified atom stereocenters. The first-order chi connectivity index (χ1) is 10.2. The van der Waals surface area contributed by atoms with Crippen molar-refractivity contribution in [2.75, 3.05) is 6.61 Å². The van der Waals surface area contributed by atoms with Crippen LogP contribution >= 0.6 is 0 Å². The van der Waals surface area contributed by atoms with Crippen LogP contribution in [-0.2, 0) is 13.0 Å². The average molecular weight is 295 g/mol. The number of aliphatic hydroxyl groups excluding tert-OH is 2. The van der Waals surface area contributed by atoms with Gasteiger partial charge in [-0.1, -0.05) is 45.1 Å². The van der Waals surface area contributed by atoms with Crippen molar-refractivity contribution in [3.8, 4) is 5.75 Å². The summed E-state index contributed by atoms with van der Waals surface area (Å²) in [5, 5.41) is 30.6. The minimum absolute atomic E-state index is 0.233. The van der Waals surface area contributed by atoms with Crippen molar-refractivity contribution in [3.05, 3.63) is 29.3 Å². The molecule has 1 atom stereocenters. The van der Waals surface area contributed by atoms with Gasteiger partial charge in [-0.3, -0.25) is 5.32 Å². The Labute approximate surface area is 127 Å². The fraction of sp³-hybridized carbons (Fsp3) is 0.647. The monoisotopic (exact) mass is 295 g/mol. The summed E-state index contributed by atoms with van der Waals surface area (Å²) in [6.45, 7) is 2.35. The SMILES string of the molecule is CCCCCCCCc1ccc(O)cc1CNC(O)CO. The number of phenolic OH excluding ortho intramolecular Hbond substituents is 1. The quantitative estimate of drug-likeness (QED) is 0.374. The zero-order valence-electron chi connectivity index (χ0n) is 13.0. The number of hydrogen-bond acceptors (Lipinski definition) is 4. The van der Waals surface area contributed by atoms with E-state index in [1.54, 1.807) is 12.1 Å². The normalized spacial score (nSPS) is 12.5. The van der Waals surface area contributed by atoms with Crippen molar-refractivity contribution in [1.29, 1.82) is 0 Å². The molecule has 4 nitrogen and oxygen atoms in total. The standard InChI is InChI=1S/C17H29NO3/c1-2-3-4-5-6-7-8-14-9-10-16(20)11-15(14)12-18-17(21)13-19/h9-11,17-21H,2-8,12-13H2,1H3. The summed E-state index contributed by atoms with van der Waals surface area (Å²) in [7, 11) is 0. The molecule has 0 aromatic heterocycles. The zero-order valence-corrected chi connectivity index (χ0v) is 13.0. The van der Waals surface area contributed by atoms with Gasteiger partial charge in [0.05, 0.1) is 6.61 Å². The predicted octanol–water partition coefficient (Wildman–Crippen LogP) is 2.70. The molecule has 0 radical (unpaired) electrons. The lowest BCUT2D eigenvalue weighted by atomic mass is 10.00. The van der Waals surface area contributed by atoms with Crippen LogP contribution in [0, 0.1) is 0 Å². The molecule has 0 bridgehead atoms. The third-order valence-corrected chi connectivity index (χ3v) is 3.69. The van der Waals surface area contributed by atoms with E-state index in [2.05, 4.69) is 12.2 Å². The maximum Gasteiger partial charge on any atom is 0.128 e. The summed E-state index contributed by atoms with van der Waals surface area (Å²) in [4.78, 5) is 0. The number of phenols is 1. The predicted molar refractivity (Wildman–Crippen MR) is 85.1 cm³/mol. The van der Waals surface area contributed by atoms with Gasteiger partial charge in [0.15, 0.2) is 0 Å². The van der Waals surface area contributed by atoms with Gasteiger partial charge >= 0.3 is 0 Å². The molecule has 0 heterocycles. The van der Waals surface area contributed by atoms with E-state index >= 15 is 0 Å². The largest absolute Gasteiger partial charge is 0.508 e. The first kappa shape index (κ1) is 18.0. The van der Waals surface area contributed by atoms with Crippen molar-refractivity contribution in [1.82, 2.24) is 5.32 Å². The first-order valence-corrected chi connectivity index (χ1v) is 8.00. The number of benzene rings is 1. The summed E-state index contributed by atoms with van der Waals surface area (Å²) in [5.41, 5.74) is 2.18. The van der Waals surface area contributed by atoms with E-state index in [0.717, 1.165) is 18.4 Å². The van der Waals surface area contributed by atoms with E-state index in [4.69, 9.17) is 5.11 Å². The fourth-order valence-corrected chi connectivity index (χ4v) is 2.41. The highest BCUT2D eigenvalue weighted by Gasteiger charge is 2.06. The van der Waals surface area contributed by atoms with Gasteiger partial charge in [0.1, 0.15) is 12.0 Å². The van der Waals surface area contributed by atoms with Gasteiger partial charge in [-0.05, 0) is 36.1 Å². The Morgan fingerprint density at radius 2 is 1.76 bits per heavy atom. The van der Waals surface area contributed by atoms with Crippen LogP contribution in [0.15, 0.2) is 18.2 Å². The molecule has 4 N–H and O–H groups in total. The van der Waals surface area contributed by atoms with Crippen LogP contribution in [0.5, 0.6) is 5.75 Å². The number of aromatic hydroxyl groups is 1. The second kappa shape index (κ2) is 10.6. The number of hydrogen-bond donors (Lipinski definition) is 4. The topological polar surface area (TPSA) is 72.7 Å². The molecule has 4 heteroatoms. The number of aryl methyl sites for hydroxylation is 1. The molecular weight excluding hydrogens is 266 g/mol. The van der Waals surface area contributed by atoms with E-state index in [9.17, 15) is 10.2 Å². The van der Waals surface area contributed by atoms with Crippen LogP contribution in [0.1, 0.15) is 56.6 Å². The summed E-state index contributed by atoms with van der Waals surface area (Å²) >= 11 is 0. The van der Waals surface area contributed by atoms with Crippen LogP contribution in [0.4, 0.5) is 0 Å². The number of aliphatic hydroxyl groups is 2. The lowest BCUT2D eigenvalue weighted by Crippen LogP contribution is -2.31. The zero-order chi connectivity index (χ0) is 15.5. The molecule has 21 heavy (non-hydrogen) atoms. The number of rotatable bonds is 11. The van der Waals surface area contributed by atoms with Crippen LogP contribution < -0.4 is 5.32 Å². The van der Waals surface area contributed by atoms with Crippen molar-refractivity contribution in [2.45, 2.75) is 64.6 Å². The van der Waals surface area contributed by atoms with Gasteiger partial charge in [-0.25, -0.2) is 0 Å². The van der Waals surface area contributed by atoms with Gasteiger partial charge in [-0.15, -0.1) is 0 Å². The Balaban J connectivity index is 2.44. The third kappa shape index (κ3) is 7.46. The second-order valence-corrected chi connectivity index (χ2v) is 5.55. The lowest BCUT2D eigenvalue weighted by Gasteiger charge is -2.14. The summed E-state index contributed by atoms with van der Waals surface area (Å²) in [6.07, 6.45) is 7.60. The van der Waals surface area contributed by atoms with Gasteiger partial charge in [-0.2, -0.15) is 0 Å². The molecular formula is C17H29NO3. The maximum atomic E-state index is 9.59. The average Bonchev–Trinajstić information content (AvgIpc) is 2.49. The summed E-state index contributed by atoms with van der Waals surface area (Å²) < 4.78 is 0. The minimum Gasteiger partial charge on any atom is -0.508 e. The molecule has 0 aliphatic heterocycles. The second-order valence-electron chi connectivity index (χ2n) is 5.55. The molecule has 0 saturated carbocycles. The Hall–Kier alpha value is -1.10. The Morgan fingerprint density at radius 1 is 1.05 bits per heavy atom. The maximum absolute atomic E-state index is 9.59. The highest BCUT2D eigenvalue weighted by molar-refractivity contribution is 5.35. The Bertz CT molecular complexity index is 396. The molecule has 0 aliphatic carbocycles. The molecule has 0 spiro atoms. The molecule has 0 fully saturated rings. The number of nitrogens with one attached hydrogen (secondary N) is 1. The molecule has 1 aromatic carbocycles. The molecule has 0 saturated heterocycles. The van der Waals surface area contributed by atoms with Crippen molar-refractivity contribution in [2.24, 2.45) is 0 Å².